The highest BCUT2D eigenvalue weighted by atomic mass is 16.5. The molecule has 8 nitrogen and oxygen atoms in total. The lowest BCUT2D eigenvalue weighted by atomic mass is 10.1. The zero-order chi connectivity index (χ0) is 16.9. The first-order valence-electron chi connectivity index (χ1n) is 8.10. The Morgan fingerprint density at radius 3 is 2.88 bits per heavy atom. The molecule has 1 amide bonds. The highest BCUT2D eigenvalue weighted by Gasteiger charge is 2.17. The van der Waals surface area contributed by atoms with E-state index in [0.29, 0.717) is 18.0 Å². The number of amides is 1. The molecular formula is C16H22N6O2. The summed E-state index contributed by atoms with van der Waals surface area (Å²) in [6, 6.07) is 1.81. The van der Waals surface area contributed by atoms with E-state index in [9.17, 15) is 4.79 Å². The summed E-state index contributed by atoms with van der Waals surface area (Å²) in [7, 11) is 3.24. The molecule has 24 heavy (non-hydrogen) atoms. The Labute approximate surface area is 140 Å². The number of piperidine rings is 1. The van der Waals surface area contributed by atoms with Crippen LogP contribution < -0.4 is 15.0 Å². The number of nitrogens with one attached hydrogen (secondary N) is 1. The molecule has 1 aliphatic heterocycles. The summed E-state index contributed by atoms with van der Waals surface area (Å²) in [6.07, 6.45) is 6.98. The molecule has 0 radical (unpaired) electrons. The third kappa shape index (κ3) is 3.64. The second-order valence-corrected chi connectivity index (χ2v) is 5.80. The van der Waals surface area contributed by atoms with Gasteiger partial charge < -0.3 is 15.0 Å². The second kappa shape index (κ2) is 7.29. The summed E-state index contributed by atoms with van der Waals surface area (Å²) < 4.78 is 6.66. The standard InChI is InChI=1S/C16H22N6O2/c1-21-11-13(15(20-21)24-2)14(23)18-10-12-6-7-17-16(19-12)22-8-4-3-5-9-22/h6-7,11H,3-5,8-10H2,1-2H3,(H,18,23). The Morgan fingerprint density at radius 2 is 2.12 bits per heavy atom. The Hall–Kier alpha value is -2.64. The van der Waals surface area contributed by atoms with Gasteiger partial charge in [0.05, 0.1) is 19.3 Å². The Balaban J connectivity index is 1.64. The maximum absolute atomic E-state index is 12.3. The summed E-state index contributed by atoms with van der Waals surface area (Å²) in [5, 5.41) is 6.93. The van der Waals surface area contributed by atoms with E-state index in [0.717, 1.165) is 24.7 Å². The fourth-order valence-corrected chi connectivity index (χ4v) is 2.77. The van der Waals surface area contributed by atoms with Gasteiger partial charge in [0.15, 0.2) is 0 Å². The van der Waals surface area contributed by atoms with Gasteiger partial charge in [-0.1, -0.05) is 0 Å². The minimum absolute atomic E-state index is 0.238. The zero-order valence-corrected chi connectivity index (χ0v) is 14.0. The smallest absolute Gasteiger partial charge is 0.258 e. The topological polar surface area (TPSA) is 85.2 Å². The predicted octanol–water partition coefficient (Wildman–Crippen LogP) is 1.14. The molecule has 0 aromatic carbocycles. The van der Waals surface area contributed by atoms with Gasteiger partial charge in [-0.3, -0.25) is 9.48 Å². The van der Waals surface area contributed by atoms with Gasteiger partial charge >= 0.3 is 0 Å². The summed E-state index contributed by atoms with van der Waals surface area (Å²) in [6.45, 7) is 2.31. The predicted molar refractivity (Wildman–Crippen MR) is 89.0 cm³/mol. The molecule has 8 heteroatoms. The van der Waals surface area contributed by atoms with Crippen molar-refractivity contribution in [2.75, 3.05) is 25.1 Å². The third-order valence-electron chi connectivity index (χ3n) is 4.00. The first-order chi connectivity index (χ1) is 11.7. The van der Waals surface area contributed by atoms with Gasteiger partial charge in [-0.15, -0.1) is 5.10 Å². The van der Waals surface area contributed by atoms with Crippen molar-refractivity contribution in [1.82, 2.24) is 25.1 Å². The van der Waals surface area contributed by atoms with E-state index < -0.39 is 0 Å². The molecule has 3 heterocycles. The highest BCUT2D eigenvalue weighted by Crippen LogP contribution is 2.16. The molecule has 2 aromatic rings. The van der Waals surface area contributed by atoms with Gasteiger partial charge in [0.25, 0.3) is 5.91 Å². The Kier molecular flexibility index (Phi) is 4.93. The molecule has 0 spiro atoms. The summed E-state index contributed by atoms with van der Waals surface area (Å²) in [4.78, 5) is 23.4. The van der Waals surface area contributed by atoms with Crippen molar-refractivity contribution in [3.8, 4) is 5.88 Å². The number of nitrogens with zero attached hydrogens (tertiary/aromatic N) is 5. The Morgan fingerprint density at radius 1 is 1.33 bits per heavy atom. The maximum atomic E-state index is 12.3. The molecule has 0 aliphatic carbocycles. The average molecular weight is 330 g/mol. The van der Waals surface area contributed by atoms with Crippen LogP contribution in [0.4, 0.5) is 5.95 Å². The van der Waals surface area contributed by atoms with Gasteiger partial charge in [-0.25, -0.2) is 9.97 Å². The number of hydrogen-bond acceptors (Lipinski definition) is 6. The van der Waals surface area contributed by atoms with Crippen molar-refractivity contribution < 1.29 is 9.53 Å². The van der Waals surface area contributed by atoms with Gasteiger partial charge in [-0.2, -0.15) is 0 Å². The van der Waals surface area contributed by atoms with Crippen LogP contribution in [-0.2, 0) is 13.6 Å². The normalized spacial score (nSPS) is 14.5. The van der Waals surface area contributed by atoms with Crippen LogP contribution in [0.1, 0.15) is 35.3 Å². The van der Waals surface area contributed by atoms with Crippen LogP contribution in [0.15, 0.2) is 18.5 Å². The molecule has 1 fully saturated rings. The molecule has 3 rings (SSSR count). The molecular weight excluding hydrogens is 308 g/mol. The van der Waals surface area contributed by atoms with E-state index in [2.05, 4.69) is 25.3 Å². The molecule has 1 aliphatic rings. The average Bonchev–Trinajstić information content (AvgIpc) is 3.02. The number of rotatable bonds is 5. The van der Waals surface area contributed by atoms with Gasteiger partial charge in [0.2, 0.25) is 11.8 Å². The number of ether oxygens (including phenoxy) is 1. The van der Waals surface area contributed by atoms with Crippen LogP contribution in [0.2, 0.25) is 0 Å². The molecule has 0 bridgehead atoms. The zero-order valence-electron chi connectivity index (χ0n) is 14.0. The number of anilines is 1. The van der Waals surface area contributed by atoms with Gasteiger partial charge in [-0.05, 0) is 25.3 Å². The van der Waals surface area contributed by atoms with Crippen molar-refractivity contribution in [2.24, 2.45) is 7.05 Å². The molecule has 128 valence electrons. The Bertz CT molecular complexity index is 708. The van der Waals surface area contributed by atoms with E-state index in [1.807, 2.05) is 6.07 Å². The molecule has 0 atom stereocenters. The lowest BCUT2D eigenvalue weighted by Crippen LogP contribution is -2.31. The number of aryl methyl sites for hydroxylation is 1. The molecule has 2 aromatic heterocycles. The van der Waals surface area contributed by atoms with Crippen LogP contribution in [-0.4, -0.2) is 45.9 Å². The van der Waals surface area contributed by atoms with E-state index in [-0.39, 0.29) is 5.91 Å². The molecule has 1 saturated heterocycles. The number of carbonyl (C=O) groups is 1. The van der Waals surface area contributed by atoms with Crippen molar-refractivity contribution in [2.45, 2.75) is 25.8 Å². The van der Waals surface area contributed by atoms with Crippen LogP contribution in [0, 0.1) is 0 Å². The first-order valence-corrected chi connectivity index (χ1v) is 8.10. The van der Waals surface area contributed by atoms with Crippen molar-refractivity contribution in [1.29, 1.82) is 0 Å². The number of hydrogen-bond donors (Lipinski definition) is 1. The van der Waals surface area contributed by atoms with E-state index >= 15 is 0 Å². The number of aromatic nitrogens is 4. The van der Waals surface area contributed by atoms with E-state index in [1.54, 1.807) is 24.1 Å². The van der Waals surface area contributed by atoms with Crippen LogP contribution in [0.5, 0.6) is 5.88 Å². The fraction of sp³-hybridized carbons (Fsp3) is 0.500. The van der Waals surface area contributed by atoms with E-state index in [4.69, 9.17) is 4.74 Å². The minimum atomic E-state index is -0.238. The van der Waals surface area contributed by atoms with Crippen LogP contribution in [0.25, 0.3) is 0 Å². The largest absolute Gasteiger partial charge is 0.479 e. The quantitative estimate of drug-likeness (QED) is 0.885. The number of carbonyl (C=O) groups excluding carboxylic acids is 1. The van der Waals surface area contributed by atoms with E-state index in [1.165, 1.54) is 26.4 Å². The molecule has 0 saturated carbocycles. The molecule has 1 N–H and O–H groups in total. The van der Waals surface area contributed by atoms with Crippen molar-refractivity contribution >= 4 is 11.9 Å². The second-order valence-electron chi connectivity index (χ2n) is 5.80. The van der Waals surface area contributed by atoms with Crippen LogP contribution >= 0.6 is 0 Å². The van der Waals surface area contributed by atoms with Crippen molar-refractivity contribution in [3.05, 3.63) is 29.7 Å². The van der Waals surface area contributed by atoms with Gasteiger partial charge in [0, 0.05) is 32.5 Å². The van der Waals surface area contributed by atoms with Gasteiger partial charge in [0.1, 0.15) is 5.56 Å². The molecule has 0 unspecified atom stereocenters. The highest BCUT2D eigenvalue weighted by molar-refractivity contribution is 5.96. The first kappa shape index (κ1) is 16.2. The van der Waals surface area contributed by atoms with Crippen LogP contribution in [0.3, 0.4) is 0 Å². The summed E-state index contributed by atoms with van der Waals surface area (Å²) in [5.41, 5.74) is 1.19. The lowest BCUT2D eigenvalue weighted by molar-refractivity contribution is 0.0947. The minimum Gasteiger partial charge on any atom is -0.479 e. The third-order valence-corrected chi connectivity index (χ3v) is 4.00. The maximum Gasteiger partial charge on any atom is 0.258 e. The SMILES string of the molecule is COc1nn(C)cc1C(=O)NCc1ccnc(N2CCCCC2)n1. The summed E-state index contributed by atoms with van der Waals surface area (Å²) in [5.74, 6) is 0.810. The lowest BCUT2D eigenvalue weighted by Gasteiger charge is -2.26. The fourth-order valence-electron chi connectivity index (χ4n) is 2.77. The number of methoxy groups -OCH3 is 1. The summed E-state index contributed by atoms with van der Waals surface area (Å²) >= 11 is 0. The monoisotopic (exact) mass is 330 g/mol. The van der Waals surface area contributed by atoms with Crippen molar-refractivity contribution in [3.63, 3.8) is 0 Å².